The molecule has 28 heavy (non-hydrogen) atoms. The topological polar surface area (TPSA) is 103 Å². The summed E-state index contributed by atoms with van der Waals surface area (Å²) in [6.07, 6.45) is -2.88. The largest absolute Gasteiger partial charge is 0.472 e. The van der Waals surface area contributed by atoms with Gasteiger partial charge in [0.25, 0.3) is 5.91 Å². The zero-order valence-corrected chi connectivity index (χ0v) is 14.5. The van der Waals surface area contributed by atoms with Gasteiger partial charge in [-0.3, -0.25) is 9.78 Å². The average Bonchev–Trinajstić information content (AvgIpc) is 3.05. The van der Waals surface area contributed by atoms with Crippen LogP contribution in [0.4, 0.5) is 13.2 Å². The molecule has 3 aromatic heterocycles. The smallest absolute Gasteiger partial charge is 0.405 e. The lowest BCUT2D eigenvalue weighted by Gasteiger charge is -2.08. The van der Waals surface area contributed by atoms with Gasteiger partial charge in [0, 0.05) is 12.3 Å². The van der Waals surface area contributed by atoms with Crippen molar-refractivity contribution in [3.8, 4) is 17.3 Å². The van der Waals surface area contributed by atoms with Crippen LogP contribution < -0.4 is 10.1 Å². The molecule has 3 aromatic rings. The quantitative estimate of drug-likeness (QED) is 0.687. The molecule has 0 radical (unpaired) electrons. The highest BCUT2D eigenvalue weighted by Crippen LogP contribution is 2.24. The highest BCUT2D eigenvalue weighted by atomic mass is 19.4. The number of nitrogens with zero attached hydrogens (tertiary/aromatic N) is 4. The van der Waals surface area contributed by atoms with Crippen molar-refractivity contribution in [2.75, 3.05) is 6.54 Å². The molecule has 8 nitrogen and oxygen atoms in total. The van der Waals surface area contributed by atoms with Gasteiger partial charge in [0.1, 0.15) is 24.6 Å². The predicted molar refractivity (Wildman–Crippen MR) is 89.2 cm³/mol. The van der Waals surface area contributed by atoms with Crippen LogP contribution in [-0.4, -0.2) is 39.0 Å². The van der Waals surface area contributed by atoms with E-state index in [9.17, 15) is 18.0 Å². The number of hydrogen-bond acceptors (Lipinski definition) is 7. The molecule has 0 atom stereocenters. The monoisotopic (exact) mass is 393 g/mol. The van der Waals surface area contributed by atoms with Crippen molar-refractivity contribution < 1.29 is 27.2 Å². The Labute approximate surface area is 156 Å². The third-order valence-corrected chi connectivity index (χ3v) is 3.58. The maximum atomic E-state index is 12.1. The number of carbonyl (C=O) groups is 1. The molecule has 146 valence electrons. The maximum absolute atomic E-state index is 12.1. The number of ether oxygens (including phenoxy) is 1. The van der Waals surface area contributed by atoms with Gasteiger partial charge in [-0.05, 0) is 25.1 Å². The molecule has 0 bridgehead atoms. The van der Waals surface area contributed by atoms with Gasteiger partial charge < -0.3 is 14.6 Å². The van der Waals surface area contributed by atoms with Gasteiger partial charge in [-0.25, -0.2) is 0 Å². The first-order chi connectivity index (χ1) is 13.3. The Kier molecular flexibility index (Phi) is 5.52. The Balaban J connectivity index is 1.65. The van der Waals surface area contributed by atoms with E-state index in [1.54, 1.807) is 30.6 Å². The molecule has 0 fully saturated rings. The minimum Gasteiger partial charge on any atom is -0.472 e. The molecule has 0 aromatic carbocycles. The molecular weight excluding hydrogens is 379 g/mol. The third kappa shape index (κ3) is 4.81. The normalized spacial score (nSPS) is 11.3. The van der Waals surface area contributed by atoms with E-state index in [1.165, 1.54) is 12.1 Å². The molecule has 0 saturated heterocycles. The Hall–Kier alpha value is -3.50. The first-order valence-corrected chi connectivity index (χ1v) is 8.01. The van der Waals surface area contributed by atoms with Gasteiger partial charge in [0.15, 0.2) is 5.69 Å². The van der Waals surface area contributed by atoms with Crippen molar-refractivity contribution in [1.82, 2.24) is 25.7 Å². The van der Waals surface area contributed by atoms with Crippen molar-refractivity contribution in [3.63, 3.8) is 0 Å². The lowest BCUT2D eigenvalue weighted by atomic mass is 10.1. The van der Waals surface area contributed by atoms with E-state index in [0.29, 0.717) is 22.7 Å². The molecule has 1 amide bonds. The van der Waals surface area contributed by atoms with Crippen LogP contribution in [0.25, 0.3) is 11.4 Å². The van der Waals surface area contributed by atoms with E-state index in [4.69, 9.17) is 9.26 Å². The number of carbonyl (C=O) groups excluding carboxylic acids is 1. The van der Waals surface area contributed by atoms with Crippen molar-refractivity contribution in [3.05, 3.63) is 53.5 Å². The number of pyridine rings is 1. The molecule has 1 N–H and O–H groups in total. The zero-order chi connectivity index (χ0) is 20.1. The SMILES string of the molecule is Cc1onc(-c2ccccn2)c1COc1ccc(C(=O)NCC(F)(F)F)nn1. The average molecular weight is 393 g/mol. The number of alkyl halides is 3. The molecule has 0 saturated carbocycles. The fourth-order valence-electron chi connectivity index (χ4n) is 2.20. The lowest BCUT2D eigenvalue weighted by molar-refractivity contribution is -0.123. The standard InChI is InChI=1S/C17H14F3N5O3/c1-10-11(15(25-28-10)12-4-2-3-7-21-12)8-27-14-6-5-13(23-24-14)16(26)22-9-17(18,19)20/h2-7H,8-9H2,1H3,(H,22,26). The predicted octanol–water partition coefficient (Wildman–Crippen LogP) is 2.71. The number of aromatic nitrogens is 4. The number of amides is 1. The van der Waals surface area contributed by atoms with Crippen molar-refractivity contribution in [2.24, 2.45) is 0 Å². The molecule has 11 heteroatoms. The summed E-state index contributed by atoms with van der Waals surface area (Å²) in [5.41, 5.74) is 1.54. The van der Waals surface area contributed by atoms with Gasteiger partial charge in [-0.1, -0.05) is 11.2 Å². The number of nitrogens with one attached hydrogen (secondary N) is 1. The summed E-state index contributed by atoms with van der Waals surface area (Å²) >= 11 is 0. The summed E-state index contributed by atoms with van der Waals surface area (Å²) in [6, 6.07) is 7.90. The van der Waals surface area contributed by atoms with Gasteiger partial charge in [-0.15, -0.1) is 10.2 Å². The Bertz CT molecular complexity index is 943. The Morgan fingerprint density at radius 3 is 2.68 bits per heavy atom. The summed E-state index contributed by atoms with van der Waals surface area (Å²) in [6.45, 7) is 0.322. The van der Waals surface area contributed by atoms with E-state index in [1.807, 2.05) is 6.07 Å². The minimum atomic E-state index is -4.51. The van der Waals surface area contributed by atoms with Gasteiger partial charge in [-0.2, -0.15) is 13.2 Å². The highest BCUT2D eigenvalue weighted by Gasteiger charge is 2.28. The summed E-state index contributed by atoms with van der Waals surface area (Å²) in [4.78, 5) is 15.8. The van der Waals surface area contributed by atoms with E-state index in [2.05, 4.69) is 20.3 Å². The van der Waals surface area contributed by atoms with Crippen LogP contribution in [0.5, 0.6) is 5.88 Å². The lowest BCUT2D eigenvalue weighted by Crippen LogP contribution is -2.34. The van der Waals surface area contributed by atoms with Crippen molar-refractivity contribution in [1.29, 1.82) is 0 Å². The Morgan fingerprint density at radius 2 is 2.04 bits per heavy atom. The van der Waals surface area contributed by atoms with E-state index >= 15 is 0 Å². The summed E-state index contributed by atoms with van der Waals surface area (Å²) in [5, 5.41) is 13.0. The first-order valence-electron chi connectivity index (χ1n) is 8.01. The van der Waals surface area contributed by atoms with Crippen LogP contribution in [-0.2, 0) is 6.61 Å². The molecule has 0 aliphatic carbocycles. The zero-order valence-electron chi connectivity index (χ0n) is 14.5. The van der Waals surface area contributed by atoms with Gasteiger partial charge in [0.2, 0.25) is 5.88 Å². The number of hydrogen-bond donors (Lipinski definition) is 1. The second-order valence-corrected chi connectivity index (χ2v) is 5.62. The van der Waals surface area contributed by atoms with E-state index in [0.717, 1.165) is 0 Å². The van der Waals surface area contributed by atoms with Crippen LogP contribution in [0.1, 0.15) is 21.8 Å². The van der Waals surface area contributed by atoms with E-state index in [-0.39, 0.29) is 18.2 Å². The van der Waals surface area contributed by atoms with Crippen LogP contribution in [0.2, 0.25) is 0 Å². The van der Waals surface area contributed by atoms with Crippen LogP contribution >= 0.6 is 0 Å². The van der Waals surface area contributed by atoms with Crippen LogP contribution in [0.3, 0.4) is 0 Å². The molecule has 0 aliphatic heterocycles. The summed E-state index contributed by atoms with van der Waals surface area (Å²) in [7, 11) is 0. The number of halogens is 3. The highest BCUT2D eigenvalue weighted by molar-refractivity contribution is 5.92. The van der Waals surface area contributed by atoms with Crippen LogP contribution in [0, 0.1) is 6.92 Å². The van der Waals surface area contributed by atoms with Crippen molar-refractivity contribution >= 4 is 5.91 Å². The van der Waals surface area contributed by atoms with Gasteiger partial charge in [0.05, 0.1) is 11.3 Å². The van der Waals surface area contributed by atoms with Crippen LogP contribution in [0.15, 0.2) is 41.1 Å². The molecule has 0 aliphatic rings. The molecule has 0 unspecified atom stereocenters. The Morgan fingerprint density at radius 1 is 1.21 bits per heavy atom. The molecule has 3 rings (SSSR count). The number of rotatable bonds is 6. The fourth-order valence-corrected chi connectivity index (χ4v) is 2.20. The second-order valence-electron chi connectivity index (χ2n) is 5.62. The van der Waals surface area contributed by atoms with Gasteiger partial charge >= 0.3 is 6.18 Å². The second kappa shape index (κ2) is 8.03. The molecular formula is C17H14F3N5O3. The first kappa shape index (κ1) is 19.3. The summed E-state index contributed by atoms with van der Waals surface area (Å²) < 4.78 is 47.1. The number of aryl methyl sites for hydroxylation is 1. The molecule has 3 heterocycles. The maximum Gasteiger partial charge on any atom is 0.405 e. The van der Waals surface area contributed by atoms with E-state index < -0.39 is 18.6 Å². The third-order valence-electron chi connectivity index (χ3n) is 3.58. The van der Waals surface area contributed by atoms with Crippen molar-refractivity contribution in [2.45, 2.75) is 19.7 Å². The summed E-state index contributed by atoms with van der Waals surface area (Å²) in [5.74, 6) is -0.361. The fraction of sp³-hybridized carbons (Fsp3) is 0.235. The minimum absolute atomic E-state index is 0.0511. The molecule has 0 spiro atoms.